The summed E-state index contributed by atoms with van der Waals surface area (Å²) in [5.74, 6) is 0.137. The van der Waals surface area contributed by atoms with Gasteiger partial charge in [0, 0.05) is 30.2 Å². The third kappa shape index (κ3) is 6.74. The zero-order chi connectivity index (χ0) is 16.5. The molecular weight excluding hydrogens is 318 g/mol. The van der Waals surface area contributed by atoms with Crippen LogP contribution in [0.3, 0.4) is 0 Å². The smallest absolute Gasteiger partial charge is 0.255 e. The van der Waals surface area contributed by atoms with Gasteiger partial charge in [-0.05, 0) is 37.7 Å². The fourth-order valence-corrected chi connectivity index (χ4v) is 2.65. The van der Waals surface area contributed by atoms with Crippen molar-refractivity contribution in [2.45, 2.75) is 13.0 Å². The van der Waals surface area contributed by atoms with E-state index in [4.69, 9.17) is 26.8 Å². The maximum atomic E-state index is 10.8. The number of morpholine rings is 1. The first-order valence-electron chi connectivity index (χ1n) is 7.85. The second kappa shape index (κ2) is 9.72. The van der Waals surface area contributed by atoms with Crippen molar-refractivity contribution in [2.24, 2.45) is 5.73 Å². The lowest BCUT2D eigenvalue weighted by Gasteiger charge is -2.26. The van der Waals surface area contributed by atoms with E-state index in [1.54, 1.807) is 12.1 Å². The summed E-state index contributed by atoms with van der Waals surface area (Å²) in [6.07, 6.45) is 1.07. The van der Waals surface area contributed by atoms with Crippen LogP contribution in [0.5, 0.6) is 5.75 Å². The second-order valence-electron chi connectivity index (χ2n) is 5.49. The number of amides is 1. The van der Waals surface area contributed by atoms with E-state index in [9.17, 15) is 4.79 Å². The highest BCUT2D eigenvalue weighted by Gasteiger charge is 2.09. The average Bonchev–Trinajstić information content (AvgIpc) is 2.54. The molecule has 128 valence electrons. The van der Waals surface area contributed by atoms with Gasteiger partial charge in [0.2, 0.25) is 0 Å². The Kier molecular flexibility index (Phi) is 7.61. The molecule has 1 heterocycles. The van der Waals surface area contributed by atoms with E-state index in [2.05, 4.69) is 10.2 Å². The van der Waals surface area contributed by atoms with Crippen LogP contribution < -0.4 is 15.8 Å². The highest BCUT2D eigenvalue weighted by atomic mass is 35.5. The molecule has 1 aliphatic heterocycles. The molecule has 23 heavy (non-hydrogen) atoms. The molecule has 0 radical (unpaired) electrons. The average molecular weight is 342 g/mol. The van der Waals surface area contributed by atoms with Crippen molar-refractivity contribution in [3.05, 3.63) is 28.8 Å². The lowest BCUT2D eigenvalue weighted by Crippen LogP contribution is -2.37. The monoisotopic (exact) mass is 341 g/mol. The number of primary amides is 1. The quantitative estimate of drug-likeness (QED) is 0.656. The van der Waals surface area contributed by atoms with Gasteiger partial charge in [0.05, 0.1) is 13.2 Å². The molecule has 1 saturated heterocycles. The zero-order valence-corrected chi connectivity index (χ0v) is 14.0. The molecule has 0 aromatic heterocycles. The minimum Gasteiger partial charge on any atom is -0.483 e. The number of nitrogens with zero attached hydrogens (tertiary/aromatic N) is 1. The van der Waals surface area contributed by atoms with Crippen LogP contribution in [0.2, 0.25) is 5.02 Å². The lowest BCUT2D eigenvalue weighted by molar-refractivity contribution is -0.119. The normalized spacial score (nSPS) is 15.5. The third-order valence-corrected chi connectivity index (χ3v) is 3.87. The van der Waals surface area contributed by atoms with Crippen LogP contribution in [0, 0.1) is 0 Å². The summed E-state index contributed by atoms with van der Waals surface area (Å²) in [5.41, 5.74) is 6.03. The van der Waals surface area contributed by atoms with Crippen LogP contribution >= 0.6 is 11.6 Å². The van der Waals surface area contributed by atoms with E-state index in [0.29, 0.717) is 17.3 Å². The van der Waals surface area contributed by atoms with E-state index in [-0.39, 0.29) is 6.61 Å². The summed E-state index contributed by atoms with van der Waals surface area (Å²) in [7, 11) is 0. The molecule has 0 atom stereocenters. The highest BCUT2D eigenvalue weighted by Crippen LogP contribution is 2.22. The van der Waals surface area contributed by atoms with Crippen molar-refractivity contribution in [1.29, 1.82) is 0 Å². The summed E-state index contributed by atoms with van der Waals surface area (Å²) in [4.78, 5) is 13.3. The van der Waals surface area contributed by atoms with Crippen LogP contribution in [0.15, 0.2) is 18.2 Å². The Balaban J connectivity index is 1.73. The van der Waals surface area contributed by atoms with E-state index in [1.807, 2.05) is 6.07 Å². The molecule has 2 rings (SSSR count). The summed E-state index contributed by atoms with van der Waals surface area (Å²) in [5, 5.41) is 4.02. The van der Waals surface area contributed by atoms with Gasteiger partial charge in [0.15, 0.2) is 6.61 Å². The SMILES string of the molecule is NC(=O)COc1ccc(Cl)cc1CNCCCN1CCOCC1. The minimum atomic E-state index is -0.496. The predicted molar refractivity (Wildman–Crippen MR) is 89.7 cm³/mol. The van der Waals surface area contributed by atoms with Crippen molar-refractivity contribution in [2.75, 3.05) is 46.0 Å². The maximum Gasteiger partial charge on any atom is 0.255 e. The lowest BCUT2D eigenvalue weighted by atomic mass is 10.2. The van der Waals surface area contributed by atoms with Crippen molar-refractivity contribution >= 4 is 17.5 Å². The van der Waals surface area contributed by atoms with Crippen molar-refractivity contribution in [3.8, 4) is 5.75 Å². The van der Waals surface area contributed by atoms with Gasteiger partial charge in [-0.3, -0.25) is 9.69 Å². The first-order chi connectivity index (χ1) is 11.1. The van der Waals surface area contributed by atoms with Gasteiger partial charge in [0.1, 0.15) is 5.75 Å². The Labute approximate surface area is 141 Å². The first kappa shape index (κ1) is 18.0. The van der Waals surface area contributed by atoms with E-state index in [1.165, 1.54) is 0 Å². The molecule has 1 aromatic carbocycles. The first-order valence-corrected chi connectivity index (χ1v) is 8.23. The van der Waals surface area contributed by atoms with Gasteiger partial charge in [-0.2, -0.15) is 0 Å². The molecule has 1 aliphatic rings. The molecule has 0 unspecified atom stereocenters. The second-order valence-corrected chi connectivity index (χ2v) is 5.93. The summed E-state index contributed by atoms with van der Waals surface area (Å²) in [6, 6.07) is 5.34. The predicted octanol–water partition coefficient (Wildman–Crippen LogP) is 1.02. The molecule has 0 saturated carbocycles. The van der Waals surface area contributed by atoms with Gasteiger partial charge in [-0.15, -0.1) is 0 Å². The molecule has 1 amide bonds. The molecule has 1 aromatic rings. The number of ether oxygens (including phenoxy) is 2. The number of benzene rings is 1. The Hall–Kier alpha value is -1.34. The molecule has 7 heteroatoms. The summed E-state index contributed by atoms with van der Waals surface area (Å²) >= 11 is 6.03. The standard InChI is InChI=1S/C16H24ClN3O3/c17-14-2-3-15(23-12-16(18)21)13(10-14)11-19-4-1-5-20-6-8-22-9-7-20/h2-3,10,19H,1,4-9,11-12H2,(H2,18,21). The maximum absolute atomic E-state index is 10.8. The Bertz CT molecular complexity index is 507. The van der Waals surface area contributed by atoms with E-state index < -0.39 is 5.91 Å². The van der Waals surface area contributed by atoms with Gasteiger partial charge in [-0.25, -0.2) is 0 Å². The Morgan fingerprint density at radius 3 is 2.91 bits per heavy atom. The fraction of sp³-hybridized carbons (Fsp3) is 0.562. The van der Waals surface area contributed by atoms with Crippen LogP contribution in [0.4, 0.5) is 0 Å². The summed E-state index contributed by atoms with van der Waals surface area (Å²) in [6.45, 7) is 6.16. The number of halogens is 1. The fourth-order valence-electron chi connectivity index (χ4n) is 2.45. The van der Waals surface area contributed by atoms with Crippen molar-refractivity contribution < 1.29 is 14.3 Å². The van der Waals surface area contributed by atoms with Crippen LogP contribution in [-0.2, 0) is 16.1 Å². The van der Waals surface area contributed by atoms with Gasteiger partial charge < -0.3 is 20.5 Å². The molecular formula is C16H24ClN3O3. The number of carbonyl (C=O) groups excluding carboxylic acids is 1. The Morgan fingerprint density at radius 2 is 2.17 bits per heavy atom. The molecule has 3 N–H and O–H groups in total. The van der Waals surface area contributed by atoms with Gasteiger partial charge in [-0.1, -0.05) is 11.6 Å². The topological polar surface area (TPSA) is 76.8 Å². The molecule has 6 nitrogen and oxygen atoms in total. The molecule has 1 fully saturated rings. The number of hydrogen-bond acceptors (Lipinski definition) is 5. The van der Waals surface area contributed by atoms with Crippen molar-refractivity contribution in [1.82, 2.24) is 10.2 Å². The van der Waals surface area contributed by atoms with Crippen LogP contribution in [0.25, 0.3) is 0 Å². The van der Waals surface area contributed by atoms with Crippen LogP contribution in [0.1, 0.15) is 12.0 Å². The number of carbonyl (C=O) groups is 1. The third-order valence-electron chi connectivity index (χ3n) is 3.64. The van der Waals surface area contributed by atoms with E-state index >= 15 is 0 Å². The number of nitrogens with two attached hydrogens (primary N) is 1. The van der Waals surface area contributed by atoms with Gasteiger partial charge in [0.25, 0.3) is 5.91 Å². The largest absolute Gasteiger partial charge is 0.483 e. The summed E-state index contributed by atoms with van der Waals surface area (Å²) < 4.78 is 10.7. The molecule has 0 spiro atoms. The number of nitrogens with one attached hydrogen (secondary N) is 1. The number of rotatable bonds is 9. The molecule has 0 aliphatic carbocycles. The van der Waals surface area contributed by atoms with E-state index in [0.717, 1.165) is 51.4 Å². The number of hydrogen-bond donors (Lipinski definition) is 2. The highest BCUT2D eigenvalue weighted by molar-refractivity contribution is 6.30. The van der Waals surface area contributed by atoms with Gasteiger partial charge >= 0.3 is 0 Å². The minimum absolute atomic E-state index is 0.133. The van der Waals surface area contributed by atoms with Crippen molar-refractivity contribution in [3.63, 3.8) is 0 Å². The Morgan fingerprint density at radius 1 is 1.39 bits per heavy atom. The zero-order valence-electron chi connectivity index (χ0n) is 13.2. The molecule has 0 bridgehead atoms. The van der Waals surface area contributed by atoms with Crippen LogP contribution in [-0.4, -0.2) is 56.8 Å².